The first kappa shape index (κ1) is 16.5. The SMILES string of the molecule is BC(B)(Oc1ccc2c(c1)[C@]13CCCC[C@@H]1[C@@H](CCC3)C2)C(F)F. The minimum atomic E-state index is -2.49. The number of alkyl halides is 2. The molecule has 0 aliphatic heterocycles. The maximum Gasteiger partial charge on any atom is 0.261 e. The molecule has 1 aromatic carbocycles. The number of benzene rings is 1. The molecule has 0 heterocycles. The molecule has 0 amide bonds. The molecule has 128 valence electrons. The van der Waals surface area contributed by atoms with Crippen molar-refractivity contribution in [2.45, 2.75) is 68.6 Å². The number of ether oxygens (including phenoxy) is 1. The largest absolute Gasteiger partial charge is 0.500 e. The van der Waals surface area contributed by atoms with E-state index in [-0.39, 0.29) is 0 Å². The van der Waals surface area contributed by atoms with Crippen molar-refractivity contribution in [1.29, 1.82) is 0 Å². The fourth-order valence-corrected chi connectivity index (χ4v) is 5.75. The smallest absolute Gasteiger partial charge is 0.261 e. The van der Waals surface area contributed by atoms with E-state index in [0.717, 1.165) is 11.8 Å². The van der Waals surface area contributed by atoms with Crippen molar-refractivity contribution < 1.29 is 13.5 Å². The van der Waals surface area contributed by atoms with Crippen LogP contribution in [-0.4, -0.2) is 27.5 Å². The van der Waals surface area contributed by atoms with Crippen LogP contribution in [0.3, 0.4) is 0 Å². The zero-order valence-corrected chi connectivity index (χ0v) is 14.8. The molecule has 5 heteroatoms. The van der Waals surface area contributed by atoms with Crippen LogP contribution in [0, 0.1) is 11.8 Å². The highest BCUT2D eigenvalue weighted by molar-refractivity contribution is 6.39. The van der Waals surface area contributed by atoms with Gasteiger partial charge in [0.2, 0.25) is 0 Å². The summed E-state index contributed by atoms with van der Waals surface area (Å²) in [6, 6.07) is 6.16. The number of hydrogen-bond acceptors (Lipinski definition) is 1. The molecule has 0 radical (unpaired) electrons. The van der Waals surface area contributed by atoms with Gasteiger partial charge in [-0.05, 0) is 72.6 Å². The second-order valence-electron chi connectivity index (χ2n) is 8.69. The van der Waals surface area contributed by atoms with Gasteiger partial charge in [0.05, 0.1) is 5.40 Å². The third-order valence-electron chi connectivity index (χ3n) is 6.87. The summed E-state index contributed by atoms with van der Waals surface area (Å²) in [4.78, 5) is 0. The lowest BCUT2D eigenvalue weighted by Gasteiger charge is -2.55. The molecule has 3 aliphatic carbocycles. The van der Waals surface area contributed by atoms with Crippen molar-refractivity contribution >= 4 is 15.7 Å². The molecule has 24 heavy (non-hydrogen) atoms. The second kappa shape index (κ2) is 5.78. The van der Waals surface area contributed by atoms with E-state index in [0.29, 0.717) is 11.2 Å². The summed E-state index contributed by atoms with van der Waals surface area (Å²) >= 11 is 0. The van der Waals surface area contributed by atoms with E-state index >= 15 is 0 Å². The Morgan fingerprint density at radius 2 is 1.92 bits per heavy atom. The highest BCUT2D eigenvalue weighted by Crippen LogP contribution is 2.59. The number of halogens is 2. The second-order valence-corrected chi connectivity index (χ2v) is 8.69. The molecule has 2 bridgehead atoms. The number of fused-ring (bicyclic) bond motifs is 1. The molecule has 1 nitrogen and oxygen atoms in total. The first-order valence-electron chi connectivity index (χ1n) is 9.53. The molecule has 0 aromatic heterocycles. The van der Waals surface area contributed by atoms with E-state index in [1.165, 1.54) is 78.2 Å². The Kier molecular flexibility index (Phi) is 3.97. The van der Waals surface area contributed by atoms with E-state index in [4.69, 9.17) is 4.74 Å². The fraction of sp³-hybridized carbons (Fsp3) is 0.684. The normalized spacial score (nSPS) is 32.1. The van der Waals surface area contributed by atoms with E-state index in [2.05, 4.69) is 12.1 Å². The summed E-state index contributed by atoms with van der Waals surface area (Å²) in [5.41, 5.74) is 3.16. The summed E-state index contributed by atoms with van der Waals surface area (Å²) in [5.74, 6) is 2.24. The zero-order chi connectivity index (χ0) is 16.9. The molecule has 4 rings (SSSR count). The fourth-order valence-electron chi connectivity index (χ4n) is 5.75. The molecule has 1 aromatic rings. The lowest BCUT2D eigenvalue weighted by atomic mass is 9.49. The van der Waals surface area contributed by atoms with Gasteiger partial charge in [-0.1, -0.05) is 25.3 Å². The lowest BCUT2D eigenvalue weighted by molar-refractivity contribution is 0.0301. The van der Waals surface area contributed by atoms with Gasteiger partial charge in [0.1, 0.15) is 5.75 Å². The molecular formula is C19H26B2F2O. The predicted molar refractivity (Wildman–Crippen MR) is 97.6 cm³/mol. The maximum atomic E-state index is 13.2. The van der Waals surface area contributed by atoms with Crippen molar-refractivity contribution in [2.75, 3.05) is 0 Å². The van der Waals surface area contributed by atoms with Crippen LogP contribution < -0.4 is 4.74 Å². The lowest BCUT2D eigenvalue weighted by Crippen LogP contribution is -2.49. The van der Waals surface area contributed by atoms with Gasteiger partial charge in [0.15, 0.2) is 15.7 Å². The Morgan fingerprint density at radius 3 is 2.71 bits per heavy atom. The molecule has 3 atom stereocenters. The highest BCUT2D eigenvalue weighted by Gasteiger charge is 2.51. The Labute approximate surface area is 145 Å². The molecule has 0 spiro atoms. The van der Waals surface area contributed by atoms with Crippen molar-refractivity contribution in [3.8, 4) is 5.75 Å². The van der Waals surface area contributed by atoms with Crippen molar-refractivity contribution in [3.63, 3.8) is 0 Å². The maximum absolute atomic E-state index is 13.2. The van der Waals surface area contributed by atoms with Gasteiger partial charge < -0.3 is 4.74 Å². The summed E-state index contributed by atoms with van der Waals surface area (Å²) in [6.07, 6.45) is 7.89. The van der Waals surface area contributed by atoms with E-state index < -0.39 is 11.8 Å². The Morgan fingerprint density at radius 1 is 1.12 bits per heavy atom. The summed E-state index contributed by atoms with van der Waals surface area (Å²) < 4.78 is 32.1. The average Bonchev–Trinajstić information content (AvgIpc) is 2.55. The first-order valence-corrected chi connectivity index (χ1v) is 9.53. The van der Waals surface area contributed by atoms with E-state index in [1.807, 2.05) is 6.07 Å². The van der Waals surface area contributed by atoms with Gasteiger partial charge in [-0.15, -0.1) is 0 Å². The van der Waals surface area contributed by atoms with Crippen LogP contribution in [0.5, 0.6) is 5.75 Å². The quantitative estimate of drug-likeness (QED) is 0.774. The Hall–Kier alpha value is -0.990. The molecular weight excluding hydrogens is 304 g/mol. The van der Waals surface area contributed by atoms with Gasteiger partial charge in [0.25, 0.3) is 6.43 Å². The standard InChI is InChI=1S/C19H26B2F2O/c20-19(21,17(22)23)24-14-7-6-13-10-12-4-3-9-18(16(13)11-14)8-2-1-5-15(12)18/h6-7,11-12,15,17H,1-5,8-10,20-21H2/t12-,15+,18-/m0/s1. The van der Waals surface area contributed by atoms with Gasteiger partial charge in [0, 0.05) is 0 Å². The van der Waals surface area contributed by atoms with E-state index in [9.17, 15) is 8.78 Å². The van der Waals surface area contributed by atoms with Gasteiger partial charge >= 0.3 is 0 Å². The topological polar surface area (TPSA) is 9.23 Å². The highest BCUT2D eigenvalue weighted by atomic mass is 19.3. The minimum absolute atomic E-state index is 0.295. The van der Waals surface area contributed by atoms with Crippen molar-refractivity contribution in [3.05, 3.63) is 29.3 Å². The van der Waals surface area contributed by atoms with E-state index in [1.54, 1.807) is 0 Å². The van der Waals surface area contributed by atoms with Crippen LogP contribution in [-0.2, 0) is 11.8 Å². The monoisotopic (exact) mass is 330 g/mol. The minimum Gasteiger partial charge on any atom is -0.500 e. The average molecular weight is 330 g/mol. The van der Waals surface area contributed by atoms with Crippen LogP contribution in [0.25, 0.3) is 0 Å². The number of rotatable bonds is 3. The van der Waals surface area contributed by atoms with Gasteiger partial charge in [-0.3, -0.25) is 0 Å². The third kappa shape index (κ3) is 2.50. The predicted octanol–water partition coefficient (Wildman–Crippen LogP) is 3.03. The summed E-state index contributed by atoms with van der Waals surface area (Å²) in [7, 11) is 2.94. The summed E-state index contributed by atoms with van der Waals surface area (Å²) in [6.45, 7) is 0. The Bertz CT molecular complexity index is 630. The molecule has 0 N–H and O–H groups in total. The van der Waals surface area contributed by atoms with Crippen LogP contribution in [0.4, 0.5) is 8.78 Å². The molecule has 0 unspecified atom stereocenters. The van der Waals surface area contributed by atoms with Crippen LogP contribution >= 0.6 is 0 Å². The Balaban J connectivity index is 1.73. The van der Waals surface area contributed by atoms with Gasteiger partial charge in [-0.25, -0.2) is 8.78 Å². The summed E-state index contributed by atoms with van der Waals surface area (Å²) in [5, 5.41) is -1.44. The van der Waals surface area contributed by atoms with Crippen LogP contribution in [0.2, 0.25) is 0 Å². The molecule has 2 saturated carbocycles. The van der Waals surface area contributed by atoms with Gasteiger partial charge in [-0.2, -0.15) is 0 Å². The molecule has 3 aliphatic rings. The first-order chi connectivity index (χ1) is 11.4. The third-order valence-corrected chi connectivity index (χ3v) is 6.87. The zero-order valence-electron chi connectivity index (χ0n) is 14.8. The number of hydrogen-bond donors (Lipinski definition) is 0. The van der Waals surface area contributed by atoms with Crippen molar-refractivity contribution in [2.24, 2.45) is 11.8 Å². The van der Waals surface area contributed by atoms with Crippen LogP contribution in [0.15, 0.2) is 18.2 Å². The van der Waals surface area contributed by atoms with Crippen LogP contribution in [0.1, 0.15) is 56.1 Å². The van der Waals surface area contributed by atoms with Crippen molar-refractivity contribution in [1.82, 2.24) is 0 Å². The molecule has 2 fully saturated rings. The molecule has 0 saturated heterocycles.